The fraction of sp³-hybridized carbons (Fsp3) is 0.250. The molecule has 35 heavy (non-hydrogen) atoms. The molecule has 1 aliphatic heterocycles. The molecule has 3 aromatic rings. The minimum Gasteiger partial charge on any atom is -0.352 e. The number of piperazine rings is 1. The van der Waals surface area contributed by atoms with Gasteiger partial charge in [0.1, 0.15) is 0 Å². The maximum atomic E-state index is 13.3. The van der Waals surface area contributed by atoms with Crippen molar-refractivity contribution in [2.75, 3.05) is 36.4 Å². The summed E-state index contributed by atoms with van der Waals surface area (Å²) in [7, 11) is 0. The molecule has 0 radical (unpaired) electrons. The van der Waals surface area contributed by atoms with Crippen molar-refractivity contribution in [3.05, 3.63) is 82.0 Å². The Morgan fingerprint density at radius 2 is 1.69 bits per heavy atom. The minimum absolute atomic E-state index is 0.1000. The topological polar surface area (TPSA) is 78.4 Å². The zero-order valence-corrected chi connectivity index (χ0v) is 19.4. The van der Waals surface area contributed by atoms with Crippen LogP contribution in [0.25, 0.3) is 0 Å². The number of carbonyl (C=O) groups excluding carboxylic acids is 2. The molecule has 0 spiro atoms. The van der Waals surface area contributed by atoms with E-state index in [4.69, 9.17) is 11.6 Å². The van der Waals surface area contributed by atoms with Crippen molar-refractivity contribution >= 4 is 34.9 Å². The van der Waals surface area contributed by atoms with Gasteiger partial charge in [-0.05, 0) is 48.9 Å². The summed E-state index contributed by atoms with van der Waals surface area (Å²) in [5.41, 5.74) is 0.212. The van der Waals surface area contributed by atoms with Crippen LogP contribution in [-0.2, 0) is 6.18 Å². The molecule has 4 rings (SSSR count). The summed E-state index contributed by atoms with van der Waals surface area (Å²) >= 11 is 6.15. The maximum Gasteiger partial charge on any atom is 0.417 e. The van der Waals surface area contributed by atoms with Crippen molar-refractivity contribution in [1.29, 1.82) is 0 Å². The lowest BCUT2D eigenvalue weighted by molar-refractivity contribution is -0.138. The van der Waals surface area contributed by atoms with Crippen LogP contribution in [0.15, 0.2) is 54.6 Å². The van der Waals surface area contributed by atoms with E-state index in [1.165, 1.54) is 29.2 Å². The summed E-state index contributed by atoms with van der Waals surface area (Å²) in [4.78, 5) is 28.5. The van der Waals surface area contributed by atoms with E-state index in [9.17, 15) is 22.8 Å². The van der Waals surface area contributed by atoms with Gasteiger partial charge in [-0.1, -0.05) is 29.8 Å². The molecule has 182 valence electrons. The van der Waals surface area contributed by atoms with Gasteiger partial charge in [-0.3, -0.25) is 9.59 Å². The van der Waals surface area contributed by atoms with E-state index in [2.05, 4.69) is 15.5 Å². The van der Waals surface area contributed by atoms with Crippen LogP contribution in [0.4, 0.5) is 24.7 Å². The Kier molecular flexibility index (Phi) is 6.93. The number of hydrogen-bond donors (Lipinski definition) is 1. The van der Waals surface area contributed by atoms with E-state index < -0.39 is 23.6 Å². The fourth-order valence-corrected chi connectivity index (χ4v) is 4.03. The van der Waals surface area contributed by atoms with Gasteiger partial charge in [-0.2, -0.15) is 13.2 Å². The maximum absolute atomic E-state index is 13.3. The number of alkyl halides is 3. The summed E-state index contributed by atoms with van der Waals surface area (Å²) in [6.45, 7) is 3.05. The average Bonchev–Trinajstić information content (AvgIpc) is 2.85. The number of aromatic nitrogens is 2. The van der Waals surface area contributed by atoms with Gasteiger partial charge < -0.3 is 15.1 Å². The highest BCUT2D eigenvalue weighted by molar-refractivity contribution is 6.34. The Bertz CT molecular complexity index is 1240. The molecule has 0 saturated carbocycles. The number of benzene rings is 2. The van der Waals surface area contributed by atoms with E-state index in [0.29, 0.717) is 29.6 Å². The molecule has 0 bridgehead atoms. The first-order chi connectivity index (χ1) is 16.6. The van der Waals surface area contributed by atoms with Gasteiger partial charge >= 0.3 is 6.18 Å². The molecule has 1 N–H and O–H groups in total. The number of anilines is 2. The van der Waals surface area contributed by atoms with Crippen LogP contribution in [-0.4, -0.2) is 53.1 Å². The van der Waals surface area contributed by atoms with E-state index in [1.807, 2.05) is 17.9 Å². The van der Waals surface area contributed by atoms with Crippen LogP contribution in [0.3, 0.4) is 0 Å². The third-order valence-electron chi connectivity index (χ3n) is 5.61. The normalized spacial score (nSPS) is 14.1. The second-order valence-electron chi connectivity index (χ2n) is 8.04. The number of halogens is 4. The Morgan fingerprint density at radius 1 is 0.971 bits per heavy atom. The Hall–Kier alpha value is -3.66. The molecule has 0 unspecified atom stereocenters. The molecule has 1 fully saturated rings. The van der Waals surface area contributed by atoms with Crippen molar-refractivity contribution in [3.8, 4) is 0 Å². The predicted octanol–water partition coefficient (Wildman–Crippen LogP) is 4.67. The zero-order valence-electron chi connectivity index (χ0n) is 18.6. The third kappa shape index (κ3) is 5.54. The van der Waals surface area contributed by atoms with Crippen LogP contribution in [0.2, 0.25) is 5.02 Å². The summed E-state index contributed by atoms with van der Waals surface area (Å²) in [6, 6.07) is 13.2. The van der Waals surface area contributed by atoms with Crippen molar-refractivity contribution in [2.45, 2.75) is 13.1 Å². The predicted molar refractivity (Wildman–Crippen MR) is 126 cm³/mol. The van der Waals surface area contributed by atoms with Crippen LogP contribution in [0.5, 0.6) is 0 Å². The van der Waals surface area contributed by atoms with Gasteiger partial charge in [0, 0.05) is 26.2 Å². The first kappa shape index (κ1) is 24.5. The van der Waals surface area contributed by atoms with Crippen molar-refractivity contribution in [1.82, 2.24) is 15.1 Å². The Balaban J connectivity index is 1.38. The quantitative estimate of drug-likeness (QED) is 0.559. The van der Waals surface area contributed by atoms with E-state index in [-0.39, 0.29) is 24.3 Å². The second kappa shape index (κ2) is 9.91. The molecule has 0 atom stereocenters. The largest absolute Gasteiger partial charge is 0.417 e. The number of hydrogen-bond acceptors (Lipinski definition) is 5. The van der Waals surface area contributed by atoms with E-state index >= 15 is 0 Å². The number of rotatable bonds is 4. The zero-order chi connectivity index (χ0) is 25.2. The molecule has 2 aromatic carbocycles. The molecule has 11 heteroatoms. The first-order valence-electron chi connectivity index (χ1n) is 10.7. The Morgan fingerprint density at radius 3 is 2.31 bits per heavy atom. The molecule has 2 amide bonds. The van der Waals surface area contributed by atoms with Gasteiger partial charge in [-0.15, -0.1) is 10.2 Å². The lowest BCUT2D eigenvalue weighted by atomic mass is 10.1. The molecule has 1 saturated heterocycles. The Labute approximate surface area is 204 Å². The molecule has 0 aliphatic carbocycles. The van der Waals surface area contributed by atoms with Gasteiger partial charge in [0.25, 0.3) is 11.8 Å². The lowest BCUT2D eigenvalue weighted by Gasteiger charge is -2.35. The third-order valence-corrected chi connectivity index (χ3v) is 5.92. The minimum atomic E-state index is -4.61. The molecule has 7 nitrogen and oxygen atoms in total. The van der Waals surface area contributed by atoms with Gasteiger partial charge in [-0.25, -0.2) is 0 Å². The molecule has 1 aromatic heterocycles. The highest BCUT2D eigenvalue weighted by Gasteiger charge is 2.36. The summed E-state index contributed by atoms with van der Waals surface area (Å²) in [5.74, 6) is -0.628. The monoisotopic (exact) mass is 503 g/mol. The highest BCUT2D eigenvalue weighted by atomic mass is 35.5. The molecular weight excluding hydrogens is 483 g/mol. The number of aryl methyl sites for hydroxylation is 1. The number of amides is 2. The number of carbonyl (C=O) groups is 2. The van der Waals surface area contributed by atoms with Crippen LogP contribution in [0, 0.1) is 6.92 Å². The van der Waals surface area contributed by atoms with Crippen LogP contribution in [0.1, 0.15) is 32.0 Å². The SMILES string of the molecule is Cc1ccc(NC(=O)c2ccc(N3CCN(C(=O)c4ccccc4C(F)(F)F)CC3)nn2)c(Cl)c1. The molecule has 2 heterocycles. The van der Waals surface area contributed by atoms with Crippen LogP contribution >= 0.6 is 11.6 Å². The fourth-order valence-electron chi connectivity index (χ4n) is 3.75. The average molecular weight is 504 g/mol. The number of nitrogens with one attached hydrogen (secondary N) is 1. The smallest absolute Gasteiger partial charge is 0.352 e. The first-order valence-corrected chi connectivity index (χ1v) is 11.1. The van der Waals surface area contributed by atoms with E-state index in [1.54, 1.807) is 18.2 Å². The summed E-state index contributed by atoms with van der Waals surface area (Å²) in [6.07, 6.45) is -4.61. The van der Waals surface area contributed by atoms with Crippen LogP contribution < -0.4 is 10.2 Å². The summed E-state index contributed by atoms with van der Waals surface area (Å²) < 4.78 is 39.8. The van der Waals surface area contributed by atoms with E-state index in [0.717, 1.165) is 11.6 Å². The van der Waals surface area contributed by atoms with Crippen molar-refractivity contribution in [2.24, 2.45) is 0 Å². The highest BCUT2D eigenvalue weighted by Crippen LogP contribution is 2.32. The van der Waals surface area contributed by atoms with Gasteiger partial charge in [0.2, 0.25) is 0 Å². The second-order valence-corrected chi connectivity index (χ2v) is 8.44. The van der Waals surface area contributed by atoms with Crippen molar-refractivity contribution < 1.29 is 22.8 Å². The summed E-state index contributed by atoms with van der Waals surface area (Å²) in [5, 5.41) is 11.2. The molecular formula is C24H21ClF3N5O2. The van der Waals surface area contributed by atoms with Gasteiger partial charge in [0.05, 0.1) is 21.8 Å². The number of nitrogens with zero attached hydrogens (tertiary/aromatic N) is 4. The van der Waals surface area contributed by atoms with Crippen molar-refractivity contribution in [3.63, 3.8) is 0 Å². The van der Waals surface area contributed by atoms with Gasteiger partial charge in [0.15, 0.2) is 11.5 Å². The standard InChI is InChI=1S/C24H21ClF3N5O2/c1-15-6-7-19(18(25)14-15)29-22(34)20-8-9-21(31-30-20)32-10-12-33(13-11-32)23(35)16-4-2-3-5-17(16)24(26,27)28/h2-9,14H,10-13H2,1H3,(H,29,34). The molecule has 1 aliphatic rings. The lowest BCUT2D eigenvalue weighted by Crippen LogP contribution is -2.49.